The summed E-state index contributed by atoms with van der Waals surface area (Å²) in [5.74, 6) is 0.147. The van der Waals surface area contributed by atoms with Gasteiger partial charge in [-0.3, -0.25) is 4.79 Å². The molecule has 0 radical (unpaired) electrons. The van der Waals surface area contributed by atoms with E-state index >= 15 is 0 Å². The molecular formula is C12H20N2O2S. The molecule has 4 nitrogen and oxygen atoms in total. The zero-order valence-electron chi connectivity index (χ0n) is 10.6. The van der Waals surface area contributed by atoms with E-state index < -0.39 is 0 Å². The number of nitrogens with two attached hydrogens (primary N) is 1. The lowest BCUT2D eigenvalue weighted by Crippen LogP contribution is -2.52. The molecule has 0 aliphatic heterocycles. The van der Waals surface area contributed by atoms with Crippen LogP contribution in [0.4, 0.5) is 0 Å². The number of thioether (sulfide) groups is 1. The van der Waals surface area contributed by atoms with Crippen molar-refractivity contribution in [1.29, 1.82) is 0 Å². The van der Waals surface area contributed by atoms with Crippen molar-refractivity contribution >= 4 is 17.7 Å². The number of rotatable bonds is 6. The molecular weight excluding hydrogens is 236 g/mol. The van der Waals surface area contributed by atoms with Crippen LogP contribution in [0.2, 0.25) is 0 Å². The van der Waals surface area contributed by atoms with Crippen LogP contribution in [-0.2, 0) is 0 Å². The third-order valence-corrected chi connectivity index (χ3v) is 3.75. The molecule has 5 heteroatoms. The predicted octanol–water partition coefficient (Wildman–Crippen LogP) is 2.25. The minimum atomic E-state index is -0.330. The first-order valence-corrected chi connectivity index (χ1v) is 6.99. The summed E-state index contributed by atoms with van der Waals surface area (Å²) >= 11 is 1.47. The summed E-state index contributed by atoms with van der Waals surface area (Å²) in [7, 11) is 0. The van der Waals surface area contributed by atoms with Crippen molar-refractivity contribution in [3.05, 3.63) is 17.9 Å². The van der Waals surface area contributed by atoms with Crippen molar-refractivity contribution in [2.24, 2.45) is 5.73 Å². The Morgan fingerprint density at radius 1 is 1.47 bits per heavy atom. The highest BCUT2D eigenvalue weighted by molar-refractivity contribution is 7.98. The lowest BCUT2D eigenvalue weighted by molar-refractivity contribution is 0.0861. The number of carbonyl (C=O) groups excluding carboxylic acids is 1. The summed E-state index contributed by atoms with van der Waals surface area (Å²) in [6, 6.07) is 3.48. The Morgan fingerprint density at radius 2 is 2.12 bits per heavy atom. The van der Waals surface area contributed by atoms with Crippen molar-refractivity contribution in [3.63, 3.8) is 0 Å². The molecule has 0 aliphatic rings. The van der Waals surface area contributed by atoms with Crippen molar-refractivity contribution in [2.75, 3.05) is 12.8 Å². The van der Waals surface area contributed by atoms with Gasteiger partial charge in [0.15, 0.2) is 10.9 Å². The molecule has 1 heterocycles. The zero-order chi connectivity index (χ0) is 12.9. The SMILES string of the molecule is CCC(CC)(CN)NC(=O)c1ccc(SC)o1. The topological polar surface area (TPSA) is 68.3 Å². The summed E-state index contributed by atoms with van der Waals surface area (Å²) in [5.41, 5.74) is 5.41. The Labute approximate surface area is 106 Å². The van der Waals surface area contributed by atoms with Crippen LogP contribution in [0.25, 0.3) is 0 Å². The number of hydrogen-bond donors (Lipinski definition) is 2. The summed E-state index contributed by atoms with van der Waals surface area (Å²) in [6.45, 7) is 4.47. The molecule has 0 aromatic carbocycles. The fourth-order valence-electron chi connectivity index (χ4n) is 1.62. The summed E-state index contributed by atoms with van der Waals surface area (Å²) < 4.78 is 5.38. The summed E-state index contributed by atoms with van der Waals surface area (Å²) in [6.07, 6.45) is 3.52. The standard InChI is InChI=1S/C12H20N2O2S/c1-4-12(5-2,8-13)14-11(15)9-6-7-10(16-9)17-3/h6-7H,4-5,8,13H2,1-3H3,(H,14,15). The van der Waals surface area contributed by atoms with Gasteiger partial charge in [-0.15, -0.1) is 0 Å². The van der Waals surface area contributed by atoms with Gasteiger partial charge in [-0.1, -0.05) is 25.6 Å². The lowest BCUT2D eigenvalue weighted by atomic mass is 9.93. The highest BCUT2D eigenvalue weighted by Crippen LogP contribution is 2.19. The van der Waals surface area contributed by atoms with Gasteiger partial charge in [0.25, 0.3) is 5.91 Å². The van der Waals surface area contributed by atoms with Crippen LogP contribution in [0.5, 0.6) is 0 Å². The molecule has 0 unspecified atom stereocenters. The van der Waals surface area contributed by atoms with E-state index in [0.717, 1.165) is 17.9 Å². The summed E-state index contributed by atoms with van der Waals surface area (Å²) in [4.78, 5) is 12.0. The molecule has 0 bridgehead atoms. The van der Waals surface area contributed by atoms with Gasteiger partial charge in [-0.2, -0.15) is 0 Å². The van der Waals surface area contributed by atoms with E-state index in [9.17, 15) is 4.79 Å². The third-order valence-electron chi connectivity index (χ3n) is 3.13. The van der Waals surface area contributed by atoms with Crippen molar-refractivity contribution < 1.29 is 9.21 Å². The van der Waals surface area contributed by atoms with Gasteiger partial charge < -0.3 is 15.5 Å². The lowest BCUT2D eigenvalue weighted by Gasteiger charge is -2.30. The molecule has 0 atom stereocenters. The molecule has 0 saturated carbocycles. The van der Waals surface area contributed by atoms with Crippen LogP contribution in [-0.4, -0.2) is 24.2 Å². The largest absolute Gasteiger partial charge is 0.445 e. The molecule has 1 aromatic heterocycles. The van der Waals surface area contributed by atoms with E-state index in [1.54, 1.807) is 12.1 Å². The minimum Gasteiger partial charge on any atom is -0.445 e. The number of hydrogen-bond acceptors (Lipinski definition) is 4. The van der Waals surface area contributed by atoms with Gasteiger partial charge in [-0.25, -0.2) is 0 Å². The number of carbonyl (C=O) groups is 1. The van der Waals surface area contributed by atoms with Crippen LogP contribution in [0, 0.1) is 0 Å². The van der Waals surface area contributed by atoms with E-state index in [2.05, 4.69) is 5.32 Å². The van der Waals surface area contributed by atoms with Crippen LogP contribution >= 0.6 is 11.8 Å². The van der Waals surface area contributed by atoms with Gasteiger partial charge in [-0.05, 0) is 31.2 Å². The molecule has 96 valence electrons. The van der Waals surface area contributed by atoms with Crippen molar-refractivity contribution in [1.82, 2.24) is 5.32 Å². The van der Waals surface area contributed by atoms with Crippen molar-refractivity contribution in [2.45, 2.75) is 37.3 Å². The van der Waals surface area contributed by atoms with Crippen LogP contribution < -0.4 is 11.1 Å². The first kappa shape index (κ1) is 14.1. The van der Waals surface area contributed by atoms with Gasteiger partial charge in [0.2, 0.25) is 0 Å². The molecule has 0 saturated heterocycles. The minimum absolute atomic E-state index is 0.195. The van der Waals surface area contributed by atoms with E-state index in [1.165, 1.54) is 11.8 Å². The van der Waals surface area contributed by atoms with Gasteiger partial charge in [0.05, 0.1) is 5.54 Å². The first-order chi connectivity index (χ1) is 8.10. The van der Waals surface area contributed by atoms with E-state index in [4.69, 9.17) is 10.2 Å². The van der Waals surface area contributed by atoms with E-state index in [1.807, 2.05) is 20.1 Å². The van der Waals surface area contributed by atoms with Gasteiger partial charge in [0, 0.05) is 6.54 Å². The number of furan rings is 1. The molecule has 1 rings (SSSR count). The Balaban J connectivity index is 2.77. The monoisotopic (exact) mass is 256 g/mol. The summed E-state index contributed by atoms with van der Waals surface area (Å²) in [5, 5.41) is 3.70. The Bertz CT molecular complexity index is 364. The maximum Gasteiger partial charge on any atom is 0.287 e. The molecule has 1 aromatic rings. The second-order valence-electron chi connectivity index (χ2n) is 3.97. The Kier molecular flexibility index (Phi) is 5.08. The molecule has 17 heavy (non-hydrogen) atoms. The number of amides is 1. The molecule has 0 fully saturated rings. The smallest absolute Gasteiger partial charge is 0.287 e. The Morgan fingerprint density at radius 3 is 2.53 bits per heavy atom. The molecule has 0 spiro atoms. The Hall–Kier alpha value is -0.940. The van der Waals surface area contributed by atoms with Gasteiger partial charge in [0.1, 0.15) is 0 Å². The average Bonchev–Trinajstić information content (AvgIpc) is 2.85. The van der Waals surface area contributed by atoms with Crippen LogP contribution in [0.3, 0.4) is 0 Å². The van der Waals surface area contributed by atoms with Crippen molar-refractivity contribution in [3.8, 4) is 0 Å². The quantitative estimate of drug-likeness (QED) is 0.766. The molecule has 0 aliphatic carbocycles. The van der Waals surface area contributed by atoms with Crippen LogP contribution in [0.1, 0.15) is 37.2 Å². The number of nitrogens with one attached hydrogen (secondary N) is 1. The molecule has 3 N–H and O–H groups in total. The van der Waals surface area contributed by atoms with Crippen LogP contribution in [0.15, 0.2) is 21.6 Å². The van der Waals surface area contributed by atoms with Gasteiger partial charge >= 0.3 is 0 Å². The third kappa shape index (κ3) is 3.26. The highest BCUT2D eigenvalue weighted by Gasteiger charge is 2.27. The maximum atomic E-state index is 12.0. The highest BCUT2D eigenvalue weighted by atomic mass is 32.2. The second-order valence-corrected chi connectivity index (χ2v) is 4.78. The normalized spacial score (nSPS) is 11.5. The predicted molar refractivity (Wildman–Crippen MR) is 70.3 cm³/mol. The van der Waals surface area contributed by atoms with E-state index in [0.29, 0.717) is 12.3 Å². The molecule has 1 amide bonds. The fourth-order valence-corrected chi connectivity index (χ4v) is 2.00. The maximum absolute atomic E-state index is 12.0. The average molecular weight is 256 g/mol. The fraction of sp³-hybridized carbons (Fsp3) is 0.583. The van der Waals surface area contributed by atoms with E-state index in [-0.39, 0.29) is 11.4 Å². The second kappa shape index (κ2) is 6.12. The first-order valence-electron chi connectivity index (χ1n) is 5.77. The zero-order valence-corrected chi connectivity index (χ0v) is 11.4.